The first kappa shape index (κ1) is 15.5. The van der Waals surface area contributed by atoms with Crippen LogP contribution in [0.25, 0.3) is 0 Å². The first-order chi connectivity index (χ1) is 8.35. The van der Waals surface area contributed by atoms with Crippen LogP contribution in [0.5, 0.6) is 0 Å². The minimum absolute atomic E-state index is 0.0364. The largest absolute Gasteiger partial charge is 0.397 e. The second kappa shape index (κ2) is 6.56. The van der Waals surface area contributed by atoms with Crippen LogP contribution in [0.3, 0.4) is 0 Å². The van der Waals surface area contributed by atoms with E-state index in [0.29, 0.717) is 21.5 Å². The number of aliphatic hydroxyl groups is 1. The Hall–Kier alpha value is -0.560. The Morgan fingerprint density at radius 2 is 2.11 bits per heavy atom. The molecule has 1 rings (SSSR count). The Kier molecular flexibility index (Phi) is 5.65. The molecule has 18 heavy (non-hydrogen) atoms. The predicted molar refractivity (Wildman–Crippen MR) is 82.1 cm³/mol. The van der Waals surface area contributed by atoms with Gasteiger partial charge in [-0.3, -0.25) is 0 Å². The lowest BCUT2D eigenvalue weighted by atomic mass is 9.88. The molecule has 1 aromatic carbocycles. The van der Waals surface area contributed by atoms with Gasteiger partial charge in [-0.15, -0.1) is 0 Å². The number of nitrogens with one attached hydrogen (secondary N) is 1. The maximum atomic E-state index is 13.4. The van der Waals surface area contributed by atoms with Gasteiger partial charge in [-0.05, 0) is 46.9 Å². The van der Waals surface area contributed by atoms with Gasteiger partial charge in [0.2, 0.25) is 0 Å². The van der Waals surface area contributed by atoms with Crippen molar-refractivity contribution in [1.82, 2.24) is 0 Å². The van der Waals surface area contributed by atoms with Gasteiger partial charge >= 0.3 is 0 Å². The zero-order valence-electron chi connectivity index (χ0n) is 10.8. The first-order valence-electron chi connectivity index (χ1n) is 5.95. The van der Waals surface area contributed by atoms with Crippen LogP contribution in [0.15, 0.2) is 12.1 Å². The number of hydrogen-bond acceptors (Lipinski definition) is 3. The van der Waals surface area contributed by atoms with Crippen molar-refractivity contribution in [3.05, 3.63) is 21.5 Å². The van der Waals surface area contributed by atoms with Crippen LogP contribution in [-0.2, 0) is 0 Å². The molecule has 102 valence electrons. The van der Waals surface area contributed by atoms with Crippen molar-refractivity contribution >= 4 is 34.0 Å². The quantitative estimate of drug-likeness (QED) is 0.535. The molecule has 0 aromatic heterocycles. The zero-order chi connectivity index (χ0) is 13.8. The Morgan fingerprint density at radius 1 is 1.44 bits per heavy atom. The van der Waals surface area contributed by atoms with Crippen LogP contribution in [-0.4, -0.2) is 18.3 Å². The van der Waals surface area contributed by atoms with Gasteiger partial charge < -0.3 is 16.2 Å². The van der Waals surface area contributed by atoms with Crippen LogP contribution in [0.2, 0.25) is 0 Å². The number of rotatable bonds is 6. The zero-order valence-corrected chi connectivity index (χ0v) is 12.9. The number of nitrogens with two attached hydrogens (primary N) is 1. The summed E-state index contributed by atoms with van der Waals surface area (Å²) >= 11 is 1.92. The molecule has 0 fully saturated rings. The summed E-state index contributed by atoms with van der Waals surface area (Å²) in [6.45, 7) is 5.10. The molecule has 0 bridgehead atoms. The molecule has 0 saturated heterocycles. The van der Waals surface area contributed by atoms with Crippen LogP contribution in [0, 0.1) is 14.8 Å². The molecule has 0 unspecified atom stereocenters. The van der Waals surface area contributed by atoms with E-state index in [4.69, 9.17) is 10.8 Å². The average molecular weight is 366 g/mol. The van der Waals surface area contributed by atoms with E-state index in [1.807, 2.05) is 22.6 Å². The minimum atomic E-state index is -0.263. The summed E-state index contributed by atoms with van der Waals surface area (Å²) in [4.78, 5) is 0. The van der Waals surface area contributed by atoms with Crippen LogP contribution in [0.1, 0.15) is 26.7 Å². The molecule has 4 N–H and O–H groups in total. The molecule has 5 heteroatoms. The number of nitrogen functional groups attached to an aromatic ring is 1. The second-order valence-corrected chi connectivity index (χ2v) is 6.36. The lowest BCUT2D eigenvalue weighted by Gasteiger charge is -2.25. The van der Waals surface area contributed by atoms with E-state index in [1.165, 1.54) is 6.07 Å². The van der Waals surface area contributed by atoms with E-state index in [0.717, 1.165) is 12.8 Å². The van der Waals surface area contributed by atoms with Crippen molar-refractivity contribution in [2.75, 3.05) is 24.2 Å². The van der Waals surface area contributed by atoms with Crippen LogP contribution < -0.4 is 11.1 Å². The third-order valence-electron chi connectivity index (χ3n) is 2.86. The molecular weight excluding hydrogens is 346 g/mol. The normalized spacial score (nSPS) is 11.6. The van der Waals surface area contributed by atoms with Gasteiger partial charge in [0.15, 0.2) is 0 Å². The number of halogens is 2. The molecule has 3 nitrogen and oxygen atoms in total. The van der Waals surface area contributed by atoms with E-state index in [1.54, 1.807) is 6.07 Å². The summed E-state index contributed by atoms with van der Waals surface area (Å²) < 4.78 is 14.0. The Labute approximate surface area is 121 Å². The van der Waals surface area contributed by atoms with E-state index in [9.17, 15) is 4.39 Å². The molecule has 0 aliphatic rings. The lowest BCUT2D eigenvalue weighted by molar-refractivity contribution is 0.248. The fourth-order valence-electron chi connectivity index (χ4n) is 1.70. The molecule has 0 saturated carbocycles. The summed E-state index contributed by atoms with van der Waals surface area (Å²) in [6, 6.07) is 3.05. The van der Waals surface area contributed by atoms with Crippen molar-refractivity contribution < 1.29 is 9.50 Å². The highest BCUT2D eigenvalue weighted by molar-refractivity contribution is 14.1. The third kappa shape index (κ3) is 4.61. The van der Waals surface area contributed by atoms with Gasteiger partial charge in [0.1, 0.15) is 5.82 Å². The maximum Gasteiger partial charge on any atom is 0.138 e. The number of hydrogen-bond donors (Lipinski definition) is 3. The van der Waals surface area contributed by atoms with Gasteiger partial charge in [0.05, 0.1) is 14.9 Å². The summed E-state index contributed by atoms with van der Waals surface area (Å²) in [7, 11) is 0. The first-order valence-corrected chi connectivity index (χ1v) is 7.03. The number of aliphatic hydroxyl groups excluding tert-OH is 1. The summed E-state index contributed by atoms with van der Waals surface area (Å²) in [5.74, 6) is -0.263. The molecular formula is C13H20FIN2O. The standard InChI is InChI=1S/C13H20FIN2O/c1-13(2,4-3-5-18)8-17-12-6-9(14)10(15)7-11(12)16/h6-7,17-18H,3-5,8,16H2,1-2H3. The van der Waals surface area contributed by atoms with Crippen molar-refractivity contribution in [3.63, 3.8) is 0 Å². The van der Waals surface area contributed by atoms with Gasteiger partial charge in [-0.1, -0.05) is 13.8 Å². The predicted octanol–water partition coefficient (Wildman–Crippen LogP) is 3.22. The fourth-order valence-corrected chi connectivity index (χ4v) is 2.19. The Bertz CT molecular complexity index is 410. The molecule has 0 heterocycles. The monoisotopic (exact) mass is 366 g/mol. The van der Waals surface area contributed by atoms with Crippen molar-refractivity contribution in [2.24, 2.45) is 5.41 Å². The molecule has 0 radical (unpaired) electrons. The van der Waals surface area contributed by atoms with Gasteiger partial charge in [0.25, 0.3) is 0 Å². The highest BCUT2D eigenvalue weighted by Gasteiger charge is 2.17. The smallest absolute Gasteiger partial charge is 0.138 e. The summed E-state index contributed by atoms with van der Waals surface area (Å²) in [5.41, 5.74) is 7.07. The molecule has 1 aromatic rings. The summed E-state index contributed by atoms with van der Waals surface area (Å²) in [6.07, 6.45) is 1.68. The van der Waals surface area contributed by atoms with E-state index >= 15 is 0 Å². The fraction of sp³-hybridized carbons (Fsp3) is 0.538. The van der Waals surface area contributed by atoms with Gasteiger partial charge in [0, 0.05) is 19.2 Å². The van der Waals surface area contributed by atoms with E-state index < -0.39 is 0 Å². The molecule has 0 aliphatic carbocycles. The third-order valence-corrected chi connectivity index (χ3v) is 3.69. The van der Waals surface area contributed by atoms with Crippen LogP contribution >= 0.6 is 22.6 Å². The molecule has 0 amide bonds. The van der Waals surface area contributed by atoms with E-state index in [2.05, 4.69) is 19.2 Å². The van der Waals surface area contributed by atoms with Crippen LogP contribution in [0.4, 0.5) is 15.8 Å². The van der Waals surface area contributed by atoms with E-state index in [-0.39, 0.29) is 17.8 Å². The average Bonchev–Trinajstić information content (AvgIpc) is 2.30. The highest BCUT2D eigenvalue weighted by Crippen LogP contribution is 2.27. The van der Waals surface area contributed by atoms with Gasteiger partial charge in [-0.2, -0.15) is 0 Å². The molecule has 0 spiro atoms. The number of anilines is 2. The lowest BCUT2D eigenvalue weighted by Crippen LogP contribution is -2.24. The maximum absolute atomic E-state index is 13.4. The van der Waals surface area contributed by atoms with Crippen molar-refractivity contribution in [1.29, 1.82) is 0 Å². The summed E-state index contributed by atoms with van der Waals surface area (Å²) in [5, 5.41) is 12.0. The Morgan fingerprint density at radius 3 is 2.72 bits per heavy atom. The van der Waals surface area contributed by atoms with Gasteiger partial charge in [-0.25, -0.2) is 4.39 Å². The second-order valence-electron chi connectivity index (χ2n) is 5.20. The van der Waals surface area contributed by atoms with Crippen molar-refractivity contribution in [2.45, 2.75) is 26.7 Å². The SMILES string of the molecule is CC(C)(CCCO)CNc1cc(F)c(I)cc1N. The minimum Gasteiger partial charge on any atom is -0.397 e. The molecule has 0 aliphatic heterocycles. The Balaban J connectivity index is 2.66. The highest BCUT2D eigenvalue weighted by atomic mass is 127. The van der Waals surface area contributed by atoms with Crippen molar-refractivity contribution in [3.8, 4) is 0 Å². The number of benzene rings is 1. The topological polar surface area (TPSA) is 58.3 Å². The molecule has 0 atom stereocenters.